The number of amides is 2. The van der Waals surface area contributed by atoms with Gasteiger partial charge < -0.3 is 20.5 Å². The molecule has 0 bridgehead atoms. The first-order valence-electron chi connectivity index (χ1n) is 8.76. The van der Waals surface area contributed by atoms with Gasteiger partial charge in [0.2, 0.25) is 5.91 Å². The second-order valence-corrected chi connectivity index (χ2v) is 7.27. The Morgan fingerprint density at radius 1 is 1.07 bits per heavy atom. The van der Waals surface area contributed by atoms with Gasteiger partial charge in [-0.3, -0.25) is 9.59 Å². The molecular weight excluding hydrogens is 344 g/mol. The molecule has 0 saturated carbocycles. The van der Waals surface area contributed by atoms with Gasteiger partial charge in [0.1, 0.15) is 0 Å². The summed E-state index contributed by atoms with van der Waals surface area (Å²) in [6.45, 7) is 6.56. The van der Waals surface area contributed by atoms with Crippen LogP contribution in [0.25, 0.3) is 0 Å². The molecule has 0 heterocycles. The van der Waals surface area contributed by atoms with Crippen molar-refractivity contribution in [1.29, 1.82) is 0 Å². The number of carbonyl (C=O) groups excluding carboxylic acids is 2. The van der Waals surface area contributed by atoms with Gasteiger partial charge in [0.15, 0.2) is 11.5 Å². The van der Waals surface area contributed by atoms with E-state index in [4.69, 9.17) is 4.74 Å². The van der Waals surface area contributed by atoms with E-state index in [2.05, 4.69) is 31.4 Å². The van der Waals surface area contributed by atoms with Gasteiger partial charge in [-0.2, -0.15) is 0 Å². The largest absolute Gasteiger partial charge is 0.504 e. The second-order valence-electron chi connectivity index (χ2n) is 7.27. The smallest absolute Gasteiger partial charge is 0.251 e. The summed E-state index contributed by atoms with van der Waals surface area (Å²) in [5, 5.41) is 15.1. The summed E-state index contributed by atoms with van der Waals surface area (Å²) in [6, 6.07) is 12.1. The third-order valence-electron chi connectivity index (χ3n) is 4.11. The van der Waals surface area contributed by atoms with Crippen molar-refractivity contribution < 1.29 is 19.4 Å². The van der Waals surface area contributed by atoms with Crippen LogP contribution >= 0.6 is 0 Å². The van der Waals surface area contributed by atoms with Gasteiger partial charge in [-0.1, -0.05) is 32.9 Å². The normalized spacial score (nSPS) is 11.0. The van der Waals surface area contributed by atoms with Crippen molar-refractivity contribution in [3.63, 3.8) is 0 Å². The van der Waals surface area contributed by atoms with E-state index in [1.54, 1.807) is 24.3 Å². The quantitative estimate of drug-likeness (QED) is 0.727. The van der Waals surface area contributed by atoms with E-state index >= 15 is 0 Å². The zero-order valence-corrected chi connectivity index (χ0v) is 16.1. The van der Waals surface area contributed by atoms with E-state index < -0.39 is 0 Å². The molecule has 27 heavy (non-hydrogen) atoms. The Morgan fingerprint density at radius 2 is 1.74 bits per heavy atom. The van der Waals surface area contributed by atoms with Crippen molar-refractivity contribution in [2.45, 2.75) is 32.6 Å². The molecule has 0 spiro atoms. The number of methoxy groups -OCH3 is 1. The first-order valence-corrected chi connectivity index (χ1v) is 8.76. The molecule has 2 aromatic carbocycles. The number of rotatable bonds is 6. The van der Waals surface area contributed by atoms with Gasteiger partial charge >= 0.3 is 0 Å². The zero-order chi connectivity index (χ0) is 20.0. The van der Waals surface area contributed by atoms with E-state index in [1.165, 1.54) is 13.2 Å². The van der Waals surface area contributed by atoms with Crippen molar-refractivity contribution in [3.05, 3.63) is 53.6 Å². The number of aromatic hydroxyl groups is 1. The van der Waals surface area contributed by atoms with E-state index in [9.17, 15) is 14.7 Å². The van der Waals surface area contributed by atoms with Crippen LogP contribution in [0.5, 0.6) is 11.5 Å². The first kappa shape index (κ1) is 20.3. The zero-order valence-electron chi connectivity index (χ0n) is 16.1. The molecule has 2 aromatic rings. The Bertz CT molecular complexity index is 808. The maximum atomic E-state index is 12.2. The Balaban J connectivity index is 1.82. The lowest BCUT2D eigenvalue weighted by atomic mass is 9.87. The van der Waals surface area contributed by atoms with Crippen LogP contribution in [0.1, 0.15) is 43.1 Å². The van der Waals surface area contributed by atoms with Crippen LogP contribution in [0.15, 0.2) is 42.5 Å². The Labute approximate surface area is 159 Å². The monoisotopic (exact) mass is 370 g/mol. The summed E-state index contributed by atoms with van der Waals surface area (Å²) >= 11 is 0. The minimum absolute atomic E-state index is 0.0307. The number of benzene rings is 2. The van der Waals surface area contributed by atoms with Crippen molar-refractivity contribution in [3.8, 4) is 11.5 Å². The maximum Gasteiger partial charge on any atom is 0.251 e. The molecular formula is C21H26N2O4. The van der Waals surface area contributed by atoms with Gasteiger partial charge in [-0.15, -0.1) is 0 Å². The lowest BCUT2D eigenvalue weighted by Gasteiger charge is -2.19. The topological polar surface area (TPSA) is 87.7 Å². The van der Waals surface area contributed by atoms with E-state index in [0.29, 0.717) is 17.0 Å². The number of ether oxygens (including phenoxy) is 1. The molecule has 0 radical (unpaired) electrons. The summed E-state index contributed by atoms with van der Waals surface area (Å²) < 4.78 is 4.95. The minimum Gasteiger partial charge on any atom is -0.504 e. The van der Waals surface area contributed by atoms with Gasteiger partial charge in [0.25, 0.3) is 5.91 Å². The van der Waals surface area contributed by atoms with Crippen LogP contribution in [0.4, 0.5) is 5.69 Å². The third kappa shape index (κ3) is 5.74. The molecule has 0 aliphatic carbocycles. The van der Waals surface area contributed by atoms with Crippen LogP contribution in [-0.2, 0) is 10.2 Å². The highest BCUT2D eigenvalue weighted by molar-refractivity contribution is 5.95. The van der Waals surface area contributed by atoms with Crippen molar-refractivity contribution in [1.82, 2.24) is 5.32 Å². The Morgan fingerprint density at radius 3 is 2.30 bits per heavy atom. The number of hydrogen-bond donors (Lipinski definition) is 3. The molecule has 2 amide bonds. The number of carbonyl (C=O) groups is 2. The maximum absolute atomic E-state index is 12.2. The summed E-state index contributed by atoms with van der Waals surface area (Å²) in [6.07, 6.45) is 0.124. The first-order chi connectivity index (χ1) is 12.7. The van der Waals surface area contributed by atoms with Crippen molar-refractivity contribution in [2.75, 3.05) is 19.0 Å². The molecule has 0 atom stereocenters. The molecule has 0 aliphatic heterocycles. The Kier molecular flexibility index (Phi) is 6.45. The number of phenolic OH excluding ortho intramolecular Hbond substituents is 1. The van der Waals surface area contributed by atoms with E-state index in [-0.39, 0.29) is 35.9 Å². The van der Waals surface area contributed by atoms with Crippen molar-refractivity contribution >= 4 is 17.5 Å². The van der Waals surface area contributed by atoms with E-state index in [1.807, 2.05) is 12.1 Å². The number of phenols is 1. The molecule has 0 fully saturated rings. The average molecular weight is 370 g/mol. The summed E-state index contributed by atoms with van der Waals surface area (Å²) in [5.74, 6) is -0.201. The molecule has 0 saturated heterocycles. The highest BCUT2D eigenvalue weighted by Crippen LogP contribution is 2.28. The molecule has 0 aromatic heterocycles. The van der Waals surface area contributed by atoms with Gasteiger partial charge in [0, 0.05) is 30.3 Å². The van der Waals surface area contributed by atoms with Crippen LogP contribution in [0, 0.1) is 0 Å². The second kappa shape index (κ2) is 8.58. The lowest BCUT2D eigenvalue weighted by Crippen LogP contribution is -2.27. The molecule has 2 rings (SSSR count). The lowest BCUT2D eigenvalue weighted by molar-refractivity contribution is -0.116. The summed E-state index contributed by atoms with van der Waals surface area (Å²) in [7, 11) is 1.45. The van der Waals surface area contributed by atoms with Crippen LogP contribution in [-0.4, -0.2) is 30.6 Å². The van der Waals surface area contributed by atoms with Gasteiger partial charge in [-0.05, 0) is 35.2 Å². The predicted molar refractivity (Wildman–Crippen MR) is 105 cm³/mol. The van der Waals surface area contributed by atoms with Crippen LogP contribution in [0.3, 0.4) is 0 Å². The number of anilines is 1. The fraction of sp³-hybridized carbons (Fsp3) is 0.333. The summed E-state index contributed by atoms with van der Waals surface area (Å²) in [4.78, 5) is 24.1. The molecule has 144 valence electrons. The fourth-order valence-corrected chi connectivity index (χ4v) is 2.50. The van der Waals surface area contributed by atoms with Gasteiger partial charge in [-0.25, -0.2) is 0 Å². The minimum atomic E-state index is -0.261. The molecule has 0 aliphatic rings. The highest BCUT2D eigenvalue weighted by Gasteiger charge is 2.14. The van der Waals surface area contributed by atoms with Crippen LogP contribution < -0.4 is 15.4 Å². The van der Waals surface area contributed by atoms with E-state index in [0.717, 1.165) is 5.56 Å². The predicted octanol–water partition coefficient (Wildman–Crippen LogP) is 3.46. The highest BCUT2D eigenvalue weighted by atomic mass is 16.5. The molecule has 0 unspecified atom stereocenters. The Hall–Kier alpha value is -3.02. The number of hydrogen-bond acceptors (Lipinski definition) is 4. The van der Waals surface area contributed by atoms with Crippen LogP contribution in [0.2, 0.25) is 0 Å². The molecule has 6 heteroatoms. The molecule has 6 nitrogen and oxygen atoms in total. The SMILES string of the molecule is COc1ccc(NC(=O)CCNC(=O)c2ccc(C(C)(C)C)cc2)cc1O. The molecule has 3 N–H and O–H groups in total. The number of nitrogens with one attached hydrogen (secondary N) is 2. The van der Waals surface area contributed by atoms with Crippen molar-refractivity contribution in [2.24, 2.45) is 0 Å². The standard InChI is InChI=1S/C21H26N2O4/c1-21(2,3)15-7-5-14(6-8-15)20(26)22-12-11-19(25)23-16-9-10-18(27-4)17(24)13-16/h5-10,13,24H,11-12H2,1-4H3,(H,22,26)(H,23,25). The van der Waals surface area contributed by atoms with Gasteiger partial charge in [0.05, 0.1) is 7.11 Å². The third-order valence-corrected chi connectivity index (χ3v) is 4.11. The fourth-order valence-electron chi connectivity index (χ4n) is 2.50. The summed E-state index contributed by atoms with van der Waals surface area (Å²) in [5.41, 5.74) is 2.20. The average Bonchev–Trinajstić information content (AvgIpc) is 2.61.